The number of rotatable bonds is 3. The molecule has 0 radical (unpaired) electrons. The van der Waals surface area contributed by atoms with Crippen molar-refractivity contribution in [3.05, 3.63) is 35.7 Å². The largest absolute Gasteiger partial charge is 0.380 e. The van der Waals surface area contributed by atoms with Gasteiger partial charge >= 0.3 is 0 Å². The van der Waals surface area contributed by atoms with Crippen LogP contribution in [0.3, 0.4) is 0 Å². The Hall–Kier alpha value is -1.86. The minimum atomic E-state index is -0.938. The van der Waals surface area contributed by atoms with E-state index in [9.17, 15) is 8.78 Å². The number of hydrogen-bond acceptors (Lipinski definition) is 5. The minimum absolute atomic E-state index is 0.0773. The van der Waals surface area contributed by atoms with Gasteiger partial charge in [-0.1, -0.05) is 5.16 Å². The summed E-state index contributed by atoms with van der Waals surface area (Å²) in [6.45, 7) is 0.712. The van der Waals surface area contributed by atoms with Crippen molar-refractivity contribution in [3.8, 4) is 11.4 Å². The minimum Gasteiger partial charge on any atom is -0.380 e. The molecule has 0 bridgehead atoms. The maximum absolute atomic E-state index is 13.2. The zero-order chi connectivity index (χ0) is 14.1. The lowest BCUT2D eigenvalue weighted by molar-refractivity contribution is 0.116. The first-order valence-corrected chi connectivity index (χ1v) is 6.22. The van der Waals surface area contributed by atoms with Crippen LogP contribution in [0.5, 0.6) is 0 Å². The molecule has 7 heteroatoms. The van der Waals surface area contributed by atoms with Gasteiger partial charge in [-0.2, -0.15) is 4.98 Å². The van der Waals surface area contributed by atoms with Crippen molar-refractivity contribution in [3.63, 3.8) is 0 Å². The maximum Gasteiger partial charge on any atom is 0.244 e. The molecule has 2 heterocycles. The molecule has 2 atom stereocenters. The normalized spacial score (nSPS) is 22.4. The van der Waals surface area contributed by atoms with Gasteiger partial charge in [-0.3, -0.25) is 0 Å². The molecule has 0 amide bonds. The van der Waals surface area contributed by atoms with Gasteiger partial charge in [-0.15, -0.1) is 0 Å². The molecule has 0 aliphatic carbocycles. The quantitative estimate of drug-likeness (QED) is 0.933. The van der Waals surface area contributed by atoms with Gasteiger partial charge in [0, 0.05) is 19.2 Å². The molecule has 2 unspecified atom stereocenters. The SMILES string of the molecule is COC1CNC(c2nc(-c3ccc(F)c(F)c3)no2)C1. The van der Waals surface area contributed by atoms with Gasteiger partial charge in [0.15, 0.2) is 11.6 Å². The Morgan fingerprint density at radius 2 is 2.20 bits per heavy atom. The van der Waals surface area contributed by atoms with E-state index in [0.717, 1.165) is 18.6 Å². The number of nitrogens with zero attached hydrogens (tertiary/aromatic N) is 2. The zero-order valence-corrected chi connectivity index (χ0v) is 10.8. The van der Waals surface area contributed by atoms with Crippen LogP contribution in [-0.2, 0) is 4.74 Å². The average molecular weight is 281 g/mol. The fourth-order valence-corrected chi connectivity index (χ4v) is 2.20. The molecule has 1 fully saturated rings. The van der Waals surface area contributed by atoms with E-state index >= 15 is 0 Å². The summed E-state index contributed by atoms with van der Waals surface area (Å²) < 4.78 is 36.5. The monoisotopic (exact) mass is 281 g/mol. The third-order valence-electron chi connectivity index (χ3n) is 3.34. The second kappa shape index (κ2) is 5.26. The Kier molecular flexibility index (Phi) is 3.45. The summed E-state index contributed by atoms with van der Waals surface area (Å²) >= 11 is 0. The molecule has 106 valence electrons. The highest BCUT2D eigenvalue weighted by molar-refractivity contribution is 5.54. The molecule has 20 heavy (non-hydrogen) atoms. The second-order valence-corrected chi connectivity index (χ2v) is 4.64. The van der Waals surface area contributed by atoms with E-state index in [-0.39, 0.29) is 18.0 Å². The van der Waals surface area contributed by atoms with Crippen molar-refractivity contribution in [1.29, 1.82) is 0 Å². The van der Waals surface area contributed by atoms with Crippen molar-refractivity contribution >= 4 is 0 Å². The fraction of sp³-hybridized carbons (Fsp3) is 0.385. The van der Waals surface area contributed by atoms with Crippen molar-refractivity contribution in [2.75, 3.05) is 13.7 Å². The summed E-state index contributed by atoms with van der Waals surface area (Å²) in [6, 6.07) is 3.42. The van der Waals surface area contributed by atoms with Crippen molar-refractivity contribution in [2.45, 2.75) is 18.6 Å². The van der Waals surface area contributed by atoms with E-state index in [1.165, 1.54) is 6.07 Å². The van der Waals surface area contributed by atoms with Crippen LogP contribution in [0.1, 0.15) is 18.4 Å². The van der Waals surface area contributed by atoms with Gasteiger partial charge in [0.05, 0.1) is 12.1 Å². The highest BCUT2D eigenvalue weighted by atomic mass is 19.2. The first kappa shape index (κ1) is 13.1. The van der Waals surface area contributed by atoms with Crippen LogP contribution < -0.4 is 5.32 Å². The average Bonchev–Trinajstić information content (AvgIpc) is 3.09. The Bertz CT molecular complexity index is 617. The van der Waals surface area contributed by atoms with Crippen molar-refractivity contribution in [1.82, 2.24) is 15.5 Å². The molecule has 1 saturated heterocycles. The van der Waals surface area contributed by atoms with E-state index < -0.39 is 11.6 Å². The van der Waals surface area contributed by atoms with Gasteiger partial charge in [-0.25, -0.2) is 8.78 Å². The van der Waals surface area contributed by atoms with Crippen LogP contribution in [0.25, 0.3) is 11.4 Å². The number of ether oxygens (including phenoxy) is 1. The topological polar surface area (TPSA) is 60.2 Å². The first-order valence-electron chi connectivity index (χ1n) is 6.22. The van der Waals surface area contributed by atoms with Crippen LogP contribution in [-0.4, -0.2) is 29.9 Å². The van der Waals surface area contributed by atoms with Gasteiger partial charge in [0.25, 0.3) is 0 Å². The van der Waals surface area contributed by atoms with Crippen molar-refractivity contribution < 1.29 is 18.0 Å². The summed E-state index contributed by atoms with van der Waals surface area (Å²) in [4.78, 5) is 4.22. The first-order chi connectivity index (χ1) is 9.67. The smallest absolute Gasteiger partial charge is 0.244 e. The summed E-state index contributed by atoms with van der Waals surface area (Å²) in [5.41, 5.74) is 0.375. The van der Waals surface area contributed by atoms with Gasteiger partial charge in [0.1, 0.15) is 0 Å². The number of aromatic nitrogens is 2. The van der Waals surface area contributed by atoms with Gasteiger partial charge < -0.3 is 14.6 Å². The third-order valence-corrected chi connectivity index (χ3v) is 3.34. The van der Waals surface area contributed by atoms with Gasteiger partial charge in [-0.05, 0) is 24.6 Å². The number of methoxy groups -OCH3 is 1. The summed E-state index contributed by atoms with van der Waals surface area (Å²) in [5.74, 6) is -1.18. The number of hydrogen-bond donors (Lipinski definition) is 1. The lowest BCUT2D eigenvalue weighted by Gasteiger charge is -2.04. The summed E-state index contributed by atoms with van der Waals surface area (Å²) in [6.07, 6.45) is 0.842. The van der Waals surface area contributed by atoms with E-state index in [1.54, 1.807) is 7.11 Å². The van der Waals surface area contributed by atoms with Crippen LogP contribution >= 0.6 is 0 Å². The number of benzene rings is 1. The molecular formula is C13H13F2N3O2. The molecular weight excluding hydrogens is 268 g/mol. The molecule has 1 N–H and O–H groups in total. The van der Waals surface area contributed by atoms with E-state index in [2.05, 4.69) is 15.5 Å². The Morgan fingerprint density at radius 3 is 2.90 bits per heavy atom. The van der Waals surface area contributed by atoms with Crippen molar-refractivity contribution in [2.24, 2.45) is 0 Å². The molecule has 1 aliphatic heterocycles. The van der Waals surface area contributed by atoms with Crippen LogP contribution in [0.4, 0.5) is 8.78 Å². The number of nitrogens with one attached hydrogen (secondary N) is 1. The van der Waals surface area contributed by atoms with Crippen LogP contribution in [0.15, 0.2) is 22.7 Å². The van der Waals surface area contributed by atoms with Crippen LogP contribution in [0, 0.1) is 11.6 Å². The highest BCUT2D eigenvalue weighted by Crippen LogP contribution is 2.26. The predicted octanol–water partition coefficient (Wildman–Crippen LogP) is 2.06. The fourth-order valence-electron chi connectivity index (χ4n) is 2.20. The lowest BCUT2D eigenvalue weighted by atomic mass is 10.2. The Morgan fingerprint density at radius 1 is 1.35 bits per heavy atom. The molecule has 0 saturated carbocycles. The number of halogens is 2. The summed E-state index contributed by atoms with van der Waals surface area (Å²) in [7, 11) is 1.65. The molecule has 5 nitrogen and oxygen atoms in total. The second-order valence-electron chi connectivity index (χ2n) is 4.64. The molecule has 0 spiro atoms. The van der Waals surface area contributed by atoms with Gasteiger partial charge in [0.2, 0.25) is 11.7 Å². The molecule has 1 aromatic heterocycles. The predicted molar refractivity (Wildman–Crippen MR) is 65.8 cm³/mol. The zero-order valence-electron chi connectivity index (χ0n) is 10.8. The highest BCUT2D eigenvalue weighted by Gasteiger charge is 2.29. The Balaban J connectivity index is 1.81. The van der Waals surface area contributed by atoms with E-state index in [1.807, 2.05) is 0 Å². The molecule has 1 aromatic carbocycles. The van der Waals surface area contributed by atoms with E-state index in [4.69, 9.17) is 9.26 Å². The third kappa shape index (κ3) is 2.41. The molecule has 2 aromatic rings. The lowest BCUT2D eigenvalue weighted by Crippen LogP contribution is -2.16. The van der Waals surface area contributed by atoms with E-state index in [0.29, 0.717) is 18.0 Å². The molecule has 1 aliphatic rings. The Labute approximate surface area is 113 Å². The maximum atomic E-state index is 13.2. The summed E-state index contributed by atoms with van der Waals surface area (Å²) in [5, 5.41) is 7.00. The standard InChI is InChI=1S/C13H13F2N3O2/c1-19-8-5-11(16-6-8)13-17-12(18-20-13)7-2-3-9(14)10(15)4-7/h2-4,8,11,16H,5-6H2,1H3. The molecule has 3 rings (SSSR count). The van der Waals surface area contributed by atoms with Crippen LogP contribution in [0.2, 0.25) is 0 Å².